The van der Waals surface area contributed by atoms with Crippen LogP contribution in [0.1, 0.15) is 20.7 Å². The normalized spacial score (nSPS) is 10.5. The van der Waals surface area contributed by atoms with E-state index in [4.69, 9.17) is 9.52 Å². The lowest BCUT2D eigenvalue weighted by Crippen LogP contribution is -2.20. The van der Waals surface area contributed by atoms with Crippen LogP contribution in [0.2, 0.25) is 0 Å². The second-order valence-corrected chi connectivity index (χ2v) is 5.89. The van der Waals surface area contributed by atoms with Crippen molar-refractivity contribution in [1.82, 2.24) is 0 Å². The predicted octanol–water partition coefficient (Wildman–Crippen LogP) is 3.51. The maximum atomic E-state index is 12.3. The smallest absolute Gasteiger partial charge is 0.349 e. The molecule has 0 radical (unpaired) electrons. The molecule has 0 unspecified atom stereocenters. The Morgan fingerprint density at radius 3 is 2.62 bits per heavy atom. The number of nitrogens with one attached hydrogen (secondary N) is 1. The van der Waals surface area contributed by atoms with Gasteiger partial charge < -0.3 is 14.8 Å². The minimum Gasteiger partial charge on any atom is -0.478 e. The lowest BCUT2D eigenvalue weighted by atomic mass is 10.1. The standard InChI is InChI=1S/C17H10BrNO5/c18-11-4-5-14-10(6-11)8-13(17(23)24-14)15(20)19-12-3-1-2-9(7-12)16(21)22/h1-8H,(H,19,20)(H,21,22). The third-order valence-corrected chi connectivity index (χ3v) is 3.80. The molecule has 0 bridgehead atoms. The maximum absolute atomic E-state index is 12.3. The van der Waals surface area contributed by atoms with Gasteiger partial charge in [-0.2, -0.15) is 0 Å². The lowest BCUT2D eigenvalue weighted by Gasteiger charge is -2.06. The first-order chi connectivity index (χ1) is 11.4. The van der Waals surface area contributed by atoms with Crippen molar-refractivity contribution < 1.29 is 19.1 Å². The molecule has 2 N–H and O–H groups in total. The monoisotopic (exact) mass is 387 g/mol. The quantitative estimate of drug-likeness (QED) is 0.670. The first-order valence-corrected chi connectivity index (χ1v) is 7.61. The number of benzene rings is 2. The summed E-state index contributed by atoms with van der Waals surface area (Å²) >= 11 is 3.31. The lowest BCUT2D eigenvalue weighted by molar-refractivity contribution is 0.0696. The zero-order valence-corrected chi connectivity index (χ0v) is 13.7. The summed E-state index contributed by atoms with van der Waals surface area (Å²) in [4.78, 5) is 35.3. The van der Waals surface area contributed by atoms with E-state index in [0.29, 0.717) is 11.0 Å². The molecular formula is C17H10BrNO5. The van der Waals surface area contributed by atoms with Crippen LogP contribution < -0.4 is 10.9 Å². The van der Waals surface area contributed by atoms with E-state index in [1.54, 1.807) is 18.2 Å². The van der Waals surface area contributed by atoms with Crippen LogP contribution in [0.3, 0.4) is 0 Å². The molecule has 1 heterocycles. The molecule has 3 aromatic rings. The number of fused-ring (bicyclic) bond motifs is 1. The fourth-order valence-corrected chi connectivity index (χ4v) is 2.56. The molecule has 0 aliphatic carbocycles. The van der Waals surface area contributed by atoms with E-state index >= 15 is 0 Å². The zero-order chi connectivity index (χ0) is 17.3. The minimum absolute atomic E-state index is 0.0299. The van der Waals surface area contributed by atoms with E-state index in [-0.39, 0.29) is 16.8 Å². The summed E-state index contributed by atoms with van der Waals surface area (Å²) in [7, 11) is 0. The van der Waals surface area contributed by atoms with Crippen molar-refractivity contribution in [3.63, 3.8) is 0 Å². The molecule has 7 heteroatoms. The van der Waals surface area contributed by atoms with Gasteiger partial charge in [0.15, 0.2) is 0 Å². The van der Waals surface area contributed by atoms with Gasteiger partial charge in [-0.15, -0.1) is 0 Å². The van der Waals surface area contributed by atoms with Crippen LogP contribution >= 0.6 is 15.9 Å². The van der Waals surface area contributed by atoms with Crippen LogP contribution in [0.15, 0.2) is 62.2 Å². The fraction of sp³-hybridized carbons (Fsp3) is 0. The first-order valence-electron chi connectivity index (χ1n) is 6.82. The van der Waals surface area contributed by atoms with Crippen molar-refractivity contribution in [3.8, 4) is 0 Å². The molecule has 1 aromatic heterocycles. The van der Waals surface area contributed by atoms with Crippen molar-refractivity contribution in [2.75, 3.05) is 5.32 Å². The Morgan fingerprint density at radius 2 is 1.88 bits per heavy atom. The van der Waals surface area contributed by atoms with Crippen molar-refractivity contribution >= 4 is 44.5 Å². The molecule has 1 amide bonds. The highest BCUT2D eigenvalue weighted by Gasteiger charge is 2.15. The second-order valence-electron chi connectivity index (χ2n) is 4.97. The summed E-state index contributed by atoms with van der Waals surface area (Å²) in [5.74, 6) is -1.78. The van der Waals surface area contributed by atoms with E-state index in [9.17, 15) is 14.4 Å². The second kappa shape index (κ2) is 6.29. The van der Waals surface area contributed by atoms with Gasteiger partial charge in [-0.1, -0.05) is 22.0 Å². The van der Waals surface area contributed by atoms with E-state index in [1.165, 1.54) is 30.3 Å². The number of aromatic carboxylic acids is 1. The van der Waals surface area contributed by atoms with Gasteiger partial charge in [0.05, 0.1) is 5.56 Å². The molecule has 0 saturated heterocycles. The van der Waals surface area contributed by atoms with Crippen molar-refractivity contribution in [2.24, 2.45) is 0 Å². The van der Waals surface area contributed by atoms with Crippen molar-refractivity contribution in [2.45, 2.75) is 0 Å². The molecular weight excluding hydrogens is 378 g/mol. The highest BCUT2D eigenvalue weighted by molar-refractivity contribution is 9.10. The van der Waals surface area contributed by atoms with Crippen molar-refractivity contribution in [1.29, 1.82) is 0 Å². The Hall–Kier alpha value is -2.93. The topological polar surface area (TPSA) is 96.6 Å². The average Bonchev–Trinajstić information content (AvgIpc) is 2.54. The highest BCUT2D eigenvalue weighted by Crippen LogP contribution is 2.20. The number of carbonyl (C=O) groups is 2. The maximum Gasteiger partial charge on any atom is 0.349 e. The SMILES string of the molecule is O=C(O)c1cccc(NC(=O)c2cc3cc(Br)ccc3oc2=O)c1. The van der Waals surface area contributed by atoms with Crippen LogP contribution in [0.5, 0.6) is 0 Å². The molecule has 0 aliphatic rings. The van der Waals surface area contributed by atoms with Gasteiger partial charge in [-0.05, 0) is 42.5 Å². The highest BCUT2D eigenvalue weighted by atomic mass is 79.9. The van der Waals surface area contributed by atoms with Gasteiger partial charge in [0.25, 0.3) is 5.91 Å². The van der Waals surface area contributed by atoms with Crippen LogP contribution in [-0.2, 0) is 0 Å². The Labute approximate surface area is 143 Å². The fourth-order valence-electron chi connectivity index (χ4n) is 2.18. The summed E-state index contributed by atoms with van der Waals surface area (Å²) < 4.78 is 5.92. The van der Waals surface area contributed by atoms with E-state index in [1.807, 2.05) is 0 Å². The molecule has 0 spiro atoms. The first kappa shape index (κ1) is 15.9. The molecule has 24 heavy (non-hydrogen) atoms. The Morgan fingerprint density at radius 1 is 1.08 bits per heavy atom. The third kappa shape index (κ3) is 3.21. The number of halogens is 1. The number of hydrogen-bond donors (Lipinski definition) is 2. The van der Waals surface area contributed by atoms with E-state index in [0.717, 1.165) is 4.47 Å². The number of carbonyl (C=O) groups excluding carboxylic acids is 1. The Bertz CT molecular complexity index is 1020. The predicted molar refractivity (Wildman–Crippen MR) is 91.5 cm³/mol. The van der Waals surface area contributed by atoms with Crippen LogP contribution in [-0.4, -0.2) is 17.0 Å². The molecule has 0 atom stereocenters. The van der Waals surface area contributed by atoms with Gasteiger partial charge in [-0.25, -0.2) is 9.59 Å². The van der Waals surface area contributed by atoms with Gasteiger partial charge in [0, 0.05) is 15.5 Å². The number of carboxylic acid groups (broad SMARTS) is 1. The zero-order valence-electron chi connectivity index (χ0n) is 12.1. The van der Waals surface area contributed by atoms with Crippen molar-refractivity contribution in [3.05, 3.63) is 74.6 Å². The molecule has 2 aromatic carbocycles. The van der Waals surface area contributed by atoms with E-state index < -0.39 is 17.5 Å². The summed E-state index contributed by atoms with van der Waals surface area (Å²) in [6.45, 7) is 0. The third-order valence-electron chi connectivity index (χ3n) is 3.31. The summed E-state index contributed by atoms with van der Waals surface area (Å²) in [5.41, 5.74) is -0.262. The molecule has 120 valence electrons. The average molecular weight is 388 g/mol. The molecule has 0 saturated carbocycles. The van der Waals surface area contributed by atoms with E-state index in [2.05, 4.69) is 21.2 Å². The summed E-state index contributed by atoms with van der Waals surface area (Å²) in [6.07, 6.45) is 0. The largest absolute Gasteiger partial charge is 0.478 e. The molecule has 6 nitrogen and oxygen atoms in total. The Balaban J connectivity index is 1.96. The van der Waals surface area contributed by atoms with Gasteiger partial charge in [-0.3, -0.25) is 4.79 Å². The van der Waals surface area contributed by atoms with Crippen LogP contribution in [0.4, 0.5) is 5.69 Å². The number of carboxylic acids is 1. The minimum atomic E-state index is -1.11. The van der Waals surface area contributed by atoms with Gasteiger partial charge in [0.1, 0.15) is 11.1 Å². The van der Waals surface area contributed by atoms with Crippen LogP contribution in [0, 0.1) is 0 Å². The van der Waals surface area contributed by atoms with Gasteiger partial charge in [0.2, 0.25) is 0 Å². The summed E-state index contributed by atoms with van der Waals surface area (Å²) in [6, 6.07) is 12.2. The Kier molecular flexibility index (Phi) is 4.18. The number of amides is 1. The molecule has 3 rings (SSSR count). The summed E-state index contributed by atoms with van der Waals surface area (Å²) in [5, 5.41) is 12.1. The number of hydrogen-bond acceptors (Lipinski definition) is 4. The molecule has 0 fully saturated rings. The molecule has 0 aliphatic heterocycles. The van der Waals surface area contributed by atoms with Gasteiger partial charge >= 0.3 is 11.6 Å². The number of anilines is 1. The number of rotatable bonds is 3. The van der Waals surface area contributed by atoms with Crippen LogP contribution in [0.25, 0.3) is 11.0 Å².